The molecule has 0 spiro atoms. The molecule has 162 valence electrons. The van der Waals surface area contributed by atoms with Gasteiger partial charge >= 0.3 is 0 Å². The summed E-state index contributed by atoms with van der Waals surface area (Å²) in [7, 11) is -3.29. The lowest BCUT2D eigenvalue weighted by Gasteiger charge is -2.29. The van der Waals surface area contributed by atoms with Gasteiger partial charge in [-0.25, -0.2) is 13.4 Å². The Hall–Kier alpha value is -2.42. The van der Waals surface area contributed by atoms with Crippen LogP contribution in [0.1, 0.15) is 32.4 Å². The molecule has 1 aliphatic heterocycles. The standard InChI is InChI=1S/C22H21ClN2O4S2/c1-14-21(30-20(24-14)13-29-17-7-5-16(23)6-8-17)22(26)25-11-3-4-15-12-18(31(2,27)28)9-10-19(15)25/h5-10,12H,3-4,11,13H2,1-2H3. The third-order valence-corrected chi connectivity index (χ3v) is 7.54. The van der Waals surface area contributed by atoms with E-state index in [1.165, 1.54) is 17.6 Å². The molecule has 4 rings (SSSR count). The Labute approximate surface area is 190 Å². The number of aryl methyl sites for hydroxylation is 2. The number of amides is 1. The maximum atomic E-state index is 13.3. The summed E-state index contributed by atoms with van der Waals surface area (Å²) in [6.45, 7) is 2.65. The average molecular weight is 477 g/mol. The van der Waals surface area contributed by atoms with Gasteiger partial charge in [-0.1, -0.05) is 11.6 Å². The predicted molar refractivity (Wildman–Crippen MR) is 122 cm³/mol. The van der Waals surface area contributed by atoms with E-state index in [0.717, 1.165) is 24.1 Å². The van der Waals surface area contributed by atoms with Crippen LogP contribution in [0.5, 0.6) is 5.75 Å². The van der Waals surface area contributed by atoms with Crippen LogP contribution in [0.2, 0.25) is 5.02 Å². The summed E-state index contributed by atoms with van der Waals surface area (Å²) in [5.41, 5.74) is 2.29. The number of carbonyl (C=O) groups is 1. The minimum atomic E-state index is -3.29. The third kappa shape index (κ3) is 4.76. The number of ether oxygens (including phenoxy) is 1. The van der Waals surface area contributed by atoms with Gasteiger partial charge in [-0.3, -0.25) is 4.79 Å². The number of benzene rings is 2. The zero-order valence-electron chi connectivity index (χ0n) is 17.1. The molecule has 1 aliphatic rings. The molecule has 0 unspecified atom stereocenters. The van der Waals surface area contributed by atoms with Gasteiger partial charge in [0, 0.05) is 23.5 Å². The van der Waals surface area contributed by atoms with Crippen molar-refractivity contribution in [3.63, 3.8) is 0 Å². The molecule has 2 aromatic carbocycles. The molecule has 1 amide bonds. The molecule has 1 aromatic heterocycles. The van der Waals surface area contributed by atoms with Crippen molar-refractivity contribution in [3.8, 4) is 5.75 Å². The quantitative estimate of drug-likeness (QED) is 0.534. The summed E-state index contributed by atoms with van der Waals surface area (Å²) < 4.78 is 29.5. The summed E-state index contributed by atoms with van der Waals surface area (Å²) in [5.74, 6) is 0.553. The molecule has 0 saturated heterocycles. The van der Waals surface area contributed by atoms with E-state index < -0.39 is 9.84 Å². The van der Waals surface area contributed by atoms with Crippen LogP contribution in [0.3, 0.4) is 0 Å². The van der Waals surface area contributed by atoms with Crippen LogP contribution in [0.25, 0.3) is 0 Å². The van der Waals surface area contributed by atoms with Crippen molar-refractivity contribution in [1.82, 2.24) is 4.98 Å². The number of rotatable bonds is 5. The summed E-state index contributed by atoms with van der Waals surface area (Å²) in [6.07, 6.45) is 2.70. The highest BCUT2D eigenvalue weighted by Crippen LogP contribution is 2.32. The number of thiazole rings is 1. The van der Waals surface area contributed by atoms with Crippen molar-refractivity contribution in [3.05, 3.63) is 68.6 Å². The van der Waals surface area contributed by atoms with Gasteiger partial charge in [-0.05, 0) is 67.8 Å². The Morgan fingerprint density at radius 2 is 1.97 bits per heavy atom. The van der Waals surface area contributed by atoms with Crippen LogP contribution in [0.15, 0.2) is 47.4 Å². The first-order valence-corrected chi connectivity index (χ1v) is 12.8. The van der Waals surface area contributed by atoms with Gasteiger partial charge < -0.3 is 9.64 Å². The fourth-order valence-corrected chi connectivity index (χ4v) is 5.25. The highest BCUT2D eigenvalue weighted by atomic mass is 35.5. The predicted octanol–water partition coefficient (Wildman–Crippen LogP) is 4.68. The van der Waals surface area contributed by atoms with Crippen LogP contribution in [-0.2, 0) is 22.9 Å². The van der Waals surface area contributed by atoms with Crippen LogP contribution >= 0.6 is 22.9 Å². The Balaban J connectivity index is 1.54. The largest absolute Gasteiger partial charge is 0.486 e. The van der Waals surface area contributed by atoms with Crippen molar-refractivity contribution in [2.45, 2.75) is 31.3 Å². The van der Waals surface area contributed by atoms with E-state index in [1.807, 2.05) is 6.92 Å². The van der Waals surface area contributed by atoms with Crippen LogP contribution in [0.4, 0.5) is 5.69 Å². The first kappa shape index (κ1) is 21.8. The second-order valence-electron chi connectivity index (χ2n) is 7.39. The van der Waals surface area contributed by atoms with Gasteiger partial charge in [0.2, 0.25) is 0 Å². The fourth-order valence-electron chi connectivity index (χ4n) is 3.53. The highest BCUT2D eigenvalue weighted by Gasteiger charge is 2.27. The summed E-state index contributed by atoms with van der Waals surface area (Å²) >= 11 is 7.21. The van der Waals surface area contributed by atoms with E-state index in [9.17, 15) is 13.2 Å². The molecule has 0 N–H and O–H groups in total. The van der Waals surface area contributed by atoms with Crippen molar-refractivity contribution < 1.29 is 17.9 Å². The minimum absolute atomic E-state index is 0.124. The summed E-state index contributed by atoms with van der Waals surface area (Å²) in [5, 5.41) is 1.34. The first-order chi connectivity index (χ1) is 14.7. The number of anilines is 1. The smallest absolute Gasteiger partial charge is 0.270 e. The Morgan fingerprint density at radius 1 is 1.23 bits per heavy atom. The van der Waals surface area contributed by atoms with Gasteiger partial charge in [0.25, 0.3) is 5.91 Å². The molecule has 0 fully saturated rings. The average Bonchev–Trinajstić information content (AvgIpc) is 3.12. The van der Waals surface area contributed by atoms with Crippen molar-refractivity contribution >= 4 is 44.4 Å². The minimum Gasteiger partial charge on any atom is -0.486 e. The molecule has 0 radical (unpaired) electrons. The summed E-state index contributed by atoms with van der Waals surface area (Å²) in [4.78, 5) is 20.4. The zero-order valence-corrected chi connectivity index (χ0v) is 19.5. The van der Waals surface area contributed by atoms with E-state index in [0.29, 0.717) is 32.9 Å². The lowest BCUT2D eigenvalue weighted by molar-refractivity contribution is 0.0988. The number of fused-ring (bicyclic) bond motifs is 1. The monoisotopic (exact) mass is 476 g/mol. The molecule has 3 aromatic rings. The van der Waals surface area contributed by atoms with Crippen LogP contribution in [0, 0.1) is 6.92 Å². The van der Waals surface area contributed by atoms with E-state index in [-0.39, 0.29) is 17.4 Å². The van der Waals surface area contributed by atoms with Crippen molar-refractivity contribution in [1.29, 1.82) is 0 Å². The number of halogens is 1. The molecular weight excluding hydrogens is 456 g/mol. The maximum Gasteiger partial charge on any atom is 0.270 e. The van der Waals surface area contributed by atoms with Crippen LogP contribution in [-0.4, -0.2) is 32.1 Å². The molecule has 0 atom stereocenters. The Morgan fingerprint density at radius 3 is 2.68 bits per heavy atom. The second kappa shape index (κ2) is 8.61. The maximum absolute atomic E-state index is 13.3. The normalized spacial score (nSPS) is 13.7. The number of aromatic nitrogens is 1. The lowest BCUT2D eigenvalue weighted by Crippen LogP contribution is -2.35. The van der Waals surface area contributed by atoms with Crippen molar-refractivity contribution in [2.75, 3.05) is 17.7 Å². The molecule has 0 bridgehead atoms. The van der Waals surface area contributed by atoms with E-state index in [1.54, 1.807) is 47.4 Å². The fraction of sp³-hybridized carbons (Fsp3) is 0.273. The van der Waals surface area contributed by atoms with Crippen molar-refractivity contribution in [2.24, 2.45) is 0 Å². The molecule has 6 nitrogen and oxygen atoms in total. The zero-order chi connectivity index (χ0) is 22.2. The molecule has 31 heavy (non-hydrogen) atoms. The van der Waals surface area contributed by atoms with Gasteiger partial charge in [0.15, 0.2) is 9.84 Å². The van der Waals surface area contributed by atoms with E-state index >= 15 is 0 Å². The van der Waals surface area contributed by atoms with Crippen LogP contribution < -0.4 is 9.64 Å². The molecule has 9 heteroatoms. The Bertz CT molecular complexity index is 1240. The SMILES string of the molecule is Cc1nc(COc2ccc(Cl)cc2)sc1C(=O)N1CCCc2cc(S(C)(=O)=O)ccc21. The molecule has 2 heterocycles. The molecule has 0 aliphatic carbocycles. The topological polar surface area (TPSA) is 76.6 Å². The molecular formula is C22H21ClN2O4S2. The van der Waals surface area contributed by atoms with Gasteiger partial charge in [-0.15, -0.1) is 11.3 Å². The third-order valence-electron chi connectivity index (χ3n) is 5.05. The lowest BCUT2D eigenvalue weighted by atomic mass is 10.0. The van der Waals surface area contributed by atoms with Gasteiger partial charge in [-0.2, -0.15) is 0 Å². The Kier molecular flexibility index (Phi) is 6.05. The first-order valence-electron chi connectivity index (χ1n) is 9.72. The van der Waals surface area contributed by atoms with Gasteiger partial charge in [0.05, 0.1) is 10.6 Å². The number of sulfone groups is 1. The number of hydrogen-bond acceptors (Lipinski definition) is 6. The van der Waals surface area contributed by atoms with E-state index in [4.69, 9.17) is 16.3 Å². The van der Waals surface area contributed by atoms with E-state index in [2.05, 4.69) is 4.98 Å². The summed E-state index contributed by atoms with van der Waals surface area (Å²) in [6, 6.07) is 12.0. The second-order valence-corrected chi connectivity index (χ2v) is 10.9. The number of carbonyl (C=O) groups excluding carboxylic acids is 1. The number of nitrogens with zero attached hydrogens (tertiary/aromatic N) is 2. The molecule has 0 saturated carbocycles. The highest BCUT2D eigenvalue weighted by molar-refractivity contribution is 7.90. The number of hydrogen-bond donors (Lipinski definition) is 0. The van der Waals surface area contributed by atoms with Gasteiger partial charge in [0.1, 0.15) is 22.2 Å².